The zero-order valence-electron chi connectivity index (χ0n) is 15.3. The standard InChI is InChI=1S/C22H21N3O2/c1-26-21-11-8-16(12-22(21)27-2)14-23-17-9-10-20-19(13-17)24-15-25(20)18-6-4-3-5-7-18/h3-13,15,23H,14H2,1-2H3. The monoisotopic (exact) mass is 359 g/mol. The van der Waals surface area contributed by atoms with Crippen molar-refractivity contribution in [2.75, 3.05) is 19.5 Å². The fourth-order valence-corrected chi connectivity index (χ4v) is 3.11. The Morgan fingerprint density at radius 2 is 1.70 bits per heavy atom. The van der Waals surface area contributed by atoms with Gasteiger partial charge in [-0.15, -0.1) is 0 Å². The third kappa shape index (κ3) is 3.44. The van der Waals surface area contributed by atoms with E-state index in [-0.39, 0.29) is 0 Å². The summed E-state index contributed by atoms with van der Waals surface area (Å²) in [6, 6.07) is 22.4. The molecule has 4 aromatic rings. The molecule has 0 aliphatic carbocycles. The second kappa shape index (κ2) is 7.41. The highest BCUT2D eigenvalue weighted by Gasteiger charge is 2.07. The van der Waals surface area contributed by atoms with Crippen molar-refractivity contribution in [3.63, 3.8) is 0 Å². The highest BCUT2D eigenvalue weighted by atomic mass is 16.5. The Hall–Kier alpha value is -3.47. The average molecular weight is 359 g/mol. The van der Waals surface area contributed by atoms with Crippen LogP contribution in [0.25, 0.3) is 16.7 Å². The minimum absolute atomic E-state index is 0.686. The summed E-state index contributed by atoms with van der Waals surface area (Å²) in [4.78, 5) is 4.55. The molecule has 1 heterocycles. The maximum Gasteiger partial charge on any atom is 0.161 e. The predicted octanol–water partition coefficient (Wildman–Crippen LogP) is 4.65. The van der Waals surface area contributed by atoms with Crippen molar-refractivity contribution in [1.82, 2.24) is 9.55 Å². The van der Waals surface area contributed by atoms with Gasteiger partial charge in [0.25, 0.3) is 0 Å². The molecule has 5 nitrogen and oxygen atoms in total. The van der Waals surface area contributed by atoms with E-state index in [1.807, 2.05) is 42.7 Å². The molecule has 0 atom stereocenters. The van der Waals surface area contributed by atoms with Gasteiger partial charge in [-0.05, 0) is 48.0 Å². The molecule has 0 amide bonds. The predicted molar refractivity (Wildman–Crippen MR) is 108 cm³/mol. The number of rotatable bonds is 6. The number of benzene rings is 3. The van der Waals surface area contributed by atoms with E-state index in [2.05, 4.69) is 45.2 Å². The second-order valence-electron chi connectivity index (χ2n) is 6.20. The highest BCUT2D eigenvalue weighted by molar-refractivity contribution is 5.81. The molecule has 0 aliphatic rings. The number of hydrogen-bond acceptors (Lipinski definition) is 4. The maximum atomic E-state index is 5.37. The number of imidazole rings is 1. The highest BCUT2D eigenvalue weighted by Crippen LogP contribution is 2.28. The van der Waals surface area contributed by atoms with Crippen molar-refractivity contribution in [3.05, 3.63) is 78.6 Å². The van der Waals surface area contributed by atoms with Gasteiger partial charge in [-0.1, -0.05) is 24.3 Å². The molecule has 0 bridgehead atoms. The Bertz CT molecular complexity index is 1060. The van der Waals surface area contributed by atoms with Gasteiger partial charge in [0, 0.05) is 17.9 Å². The Morgan fingerprint density at radius 1 is 0.889 bits per heavy atom. The summed E-state index contributed by atoms with van der Waals surface area (Å²) < 4.78 is 12.7. The van der Waals surface area contributed by atoms with Gasteiger partial charge in [0.2, 0.25) is 0 Å². The van der Waals surface area contributed by atoms with E-state index in [4.69, 9.17) is 9.47 Å². The first-order chi connectivity index (χ1) is 13.3. The van der Waals surface area contributed by atoms with Gasteiger partial charge in [-0.3, -0.25) is 4.57 Å². The van der Waals surface area contributed by atoms with Gasteiger partial charge in [0.15, 0.2) is 11.5 Å². The number of fused-ring (bicyclic) bond motifs is 1. The minimum atomic E-state index is 0.686. The quantitative estimate of drug-likeness (QED) is 0.544. The van der Waals surface area contributed by atoms with Crippen LogP contribution in [-0.4, -0.2) is 23.8 Å². The van der Waals surface area contributed by atoms with E-state index >= 15 is 0 Å². The molecule has 4 rings (SSSR count). The molecule has 0 unspecified atom stereocenters. The largest absolute Gasteiger partial charge is 0.493 e. The van der Waals surface area contributed by atoms with Crippen molar-refractivity contribution >= 4 is 16.7 Å². The second-order valence-corrected chi connectivity index (χ2v) is 6.20. The van der Waals surface area contributed by atoms with Gasteiger partial charge in [0.1, 0.15) is 6.33 Å². The Kier molecular flexibility index (Phi) is 4.66. The van der Waals surface area contributed by atoms with Crippen LogP contribution in [0.3, 0.4) is 0 Å². The third-order valence-electron chi connectivity index (χ3n) is 4.53. The number of para-hydroxylation sites is 1. The number of nitrogens with one attached hydrogen (secondary N) is 1. The number of anilines is 1. The fourth-order valence-electron chi connectivity index (χ4n) is 3.11. The maximum absolute atomic E-state index is 5.37. The topological polar surface area (TPSA) is 48.3 Å². The molecular formula is C22H21N3O2. The smallest absolute Gasteiger partial charge is 0.161 e. The molecule has 0 radical (unpaired) electrons. The molecule has 136 valence electrons. The van der Waals surface area contributed by atoms with Crippen LogP contribution < -0.4 is 14.8 Å². The van der Waals surface area contributed by atoms with E-state index in [1.54, 1.807) is 14.2 Å². The Labute approximate surface area is 158 Å². The van der Waals surface area contributed by atoms with Crippen LogP contribution in [0, 0.1) is 0 Å². The van der Waals surface area contributed by atoms with Crippen LogP contribution >= 0.6 is 0 Å². The van der Waals surface area contributed by atoms with E-state index in [9.17, 15) is 0 Å². The molecular weight excluding hydrogens is 338 g/mol. The van der Waals surface area contributed by atoms with Gasteiger partial charge in [-0.25, -0.2) is 4.98 Å². The summed E-state index contributed by atoms with van der Waals surface area (Å²) >= 11 is 0. The summed E-state index contributed by atoms with van der Waals surface area (Å²) in [7, 11) is 3.28. The van der Waals surface area contributed by atoms with Crippen molar-refractivity contribution in [1.29, 1.82) is 0 Å². The van der Waals surface area contributed by atoms with Gasteiger partial charge < -0.3 is 14.8 Å². The zero-order chi connectivity index (χ0) is 18.6. The Morgan fingerprint density at radius 3 is 2.48 bits per heavy atom. The lowest BCUT2D eigenvalue weighted by atomic mass is 10.2. The first kappa shape index (κ1) is 17.0. The number of hydrogen-bond donors (Lipinski definition) is 1. The molecule has 0 spiro atoms. The normalized spacial score (nSPS) is 10.7. The minimum Gasteiger partial charge on any atom is -0.493 e. The van der Waals surface area contributed by atoms with Crippen molar-refractivity contribution in [2.45, 2.75) is 6.54 Å². The average Bonchev–Trinajstić information content (AvgIpc) is 3.16. The number of aromatic nitrogens is 2. The van der Waals surface area contributed by atoms with Crippen LogP contribution in [-0.2, 0) is 6.54 Å². The first-order valence-corrected chi connectivity index (χ1v) is 8.76. The number of nitrogens with zero attached hydrogens (tertiary/aromatic N) is 2. The van der Waals surface area contributed by atoms with E-state index in [1.165, 1.54) is 0 Å². The zero-order valence-corrected chi connectivity index (χ0v) is 15.3. The van der Waals surface area contributed by atoms with Crippen molar-refractivity contribution in [2.24, 2.45) is 0 Å². The van der Waals surface area contributed by atoms with Crippen LogP contribution in [0.5, 0.6) is 11.5 Å². The molecule has 3 aromatic carbocycles. The van der Waals surface area contributed by atoms with E-state index < -0.39 is 0 Å². The van der Waals surface area contributed by atoms with Crippen LogP contribution in [0.2, 0.25) is 0 Å². The van der Waals surface area contributed by atoms with Gasteiger partial charge >= 0.3 is 0 Å². The summed E-state index contributed by atoms with van der Waals surface area (Å²) in [5.41, 5.74) is 5.28. The number of ether oxygens (including phenoxy) is 2. The molecule has 5 heteroatoms. The molecule has 1 aromatic heterocycles. The summed E-state index contributed by atoms with van der Waals surface area (Å²) in [5.74, 6) is 1.46. The van der Waals surface area contributed by atoms with Gasteiger partial charge in [-0.2, -0.15) is 0 Å². The summed E-state index contributed by atoms with van der Waals surface area (Å²) in [6.45, 7) is 0.686. The van der Waals surface area contributed by atoms with Gasteiger partial charge in [0.05, 0.1) is 25.3 Å². The third-order valence-corrected chi connectivity index (χ3v) is 4.53. The molecule has 0 fully saturated rings. The van der Waals surface area contributed by atoms with Crippen LogP contribution in [0.15, 0.2) is 73.1 Å². The molecule has 1 N–H and O–H groups in total. The first-order valence-electron chi connectivity index (χ1n) is 8.76. The van der Waals surface area contributed by atoms with E-state index in [0.29, 0.717) is 6.54 Å². The van der Waals surface area contributed by atoms with Crippen molar-refractivity contribution < 1.29 is 9.47 Å². The van der Waals surface area contributed by atoms with Crippen molar-refractivity contribution in [3.8, 4) is 17.2 Å². The molecule has 0 aliphatic heterocycles. The molecule has 27 heavy (non-hydrogen) atoms. The molecule has 0 saturated heterocycles. The fraction of sp³-hybridized carbons (Fsp3) is 0.136. The summed E-state index contributed by atoms with van der Waals surface area (Å²) in [6.07, 6.45) is 1.86. The lowest BCUT2D eigenvalue weighted by Crippen LogP contribution is -2.00. The van der Waals surface area contributed by atoms with Crippen LogP contribution in [0.1, 0.15) is 5.56 Å². The molecule has 0 saturated carbocycles. The van der Waals surface area contributed by atoms with E-state index in [0.717, 1.165) is 39.5 Å². The number of methoxy groups -OCH3 is 2. The SMILES string of the molecule is COc1ccc(CNc2ccc3c(c2)ncn3-c2ccccc2)cc1OC. The van der Waals surface area contributed by atoms with Crippen LogP contribution in [0.4, 0.5) is 5.69 Å². The lowest BCUT2D eigenvalue weighted by molar-refractivity contribution is 0.354. The summed E-state index contributed by atoms with van der Waals surface area (Å²) in [5, 5.41) is 3.45. The lowest BCUT2D eigenvalue weighted by Gasteiger charge is -2.11. The Balaban J connectivity index is 1.54.